The predicted octanol–water partition coefficient (Wildman–Crippen LogP) is 2.81. The van der Waals surface area contributed by atoms with Gasteiger partial charge in [0.05, 0.1) is 33.9 Å². The Balaban J connectivity index is 2.02. The van der Waals surface area contributed by atoms with Crippen LogP contribution in [-0.4, -0.2) is 44.1 Å². The van der Waals surface area contributed by atoms with Gasteiger partial charge in [0.25, 0.3) is 0 Å². The lowest BCUT2D eigenvalue weighted by Gasteiger charge is -2.18. The van der Waals surface area contributed by atoms with Crippen LogP contribution in [0.1, 0.15) is 28.7 Å². The fourth-order valence-corrected chi connectivity index (χ4v) is 3.27. The minimum absolute atomic E-state index is 0.0233. The first-order valence-electron chi connectivity index (χ1n) is 8.64. The van der Waals surface area contributed by atoms with E-state index in [1.165, 1.54) is 33.5 Å². The molecule has 148 valence electrons. The van der Waals surface area contributed by atoms with Crippen LogP contribution < -0.4 is 14.2 Å². The van der Waals surface area contributed by atoms with Crippen LogP contribution in [0.3, 0.4) is 0 Å². The van der Waals surface area contributed by atoms with E-state index < -0.39 is 12.1 Å². The van der Waals surface area contributed by atoms with Gasteiger partial charge in [-0.05, 0) is 41.5 Å². The van der Waals surface area contributed by atoms with Crippen molar-refractivity contribution in [1.29, 1.82) is 0 Å². The third-order valence-electron chi connectivity index (χ3n) is 4.68. The van der Waals surface area contributed by atoms with Crippen LogP contribution in [0.15, 0.2) is 36.4 Å². The molecule has 0 spiro atoms. The van der Waals surface area contributed by atoms with Gasteiger partial charge < -0.3 is 29.2 Å². The number of fused-ring (bicyclic) bond motifs is 1. The minimum atomic E-state index is -0.483. The Morgan fingerprint density at radius 2 is 1.89 bits per heavy atom. The van der Waals surface area contributed by atoms with E-state index >= 15 is 0 Å². The standard InChI is InChI=1S/C21H22O7/c1-25-17-10-13(5-6-16(17)23)20-15(11-22)14-8-12(4-7-19(24)27-3)9-18(26-2)21(14)28-20/h4-10,15,20,22-23H,11H2,1-3H3/b7-4-/t15-,20+/m0/s1. The molecule has 3 rings (SSSR count). The van der Waals surface area contributed by atoms with Crippen LogP contribution in [0.25, 0.3) is 6.08 Å². The lowest BCUT2D eigenvalue weighted by molar-refractivity contribution is -0.134. The van der Waals surface area contributed by atoms with Crippen molar-refractivity contribution >= 4 is 12.0 Å². The van der Waals surface area contributed by atoms with E-state index in [1.54, 1.807) is 24.3 Å². The summed E-state index contributed by atoms with van der Waals surface area (Å²) in [6.45, 7) is -0.159. The second-order valence-electron chi connectivity index (χ2n) is 6.26. The van der Waals surface area contributed by atoms with Crippen LogP contribution in [0.5, 0.6) is 23.0 Å². The summed E-state index contributed by atoms with van der Waals surface area (Å²) in [6, 6.07) is 8.51. The van der Waals surface area contributed by atoms with Gasteiger partial charge in [-0.3, -0.25) is 0 Å². The quantitative estimate of drug-likeness (QED) is 0.582. The summed E-state index contributed by atoms with van der Waals surface area (Å²) in [4.78, 5) is 11.4. The predicted molar refractivity (Wildman–Crippen MR) is 102 cm³/mol. The van der Waals surface area contributed by atoms with Gasteiger partial charge in [-0.1, -0.05) is 6.07 Å². The molecule has 0 amide bonds. The van der Waals surface area contributed by atoms with Crippen molar-refractivity contribution in [2.45, 2.75) is 12.0 Å². The molecule has 2 aromatic rings. The van der Waals surface area contributed by atoms with E-state index in [4.69, 9.17) is 14.2 Å². The molecular formula is C21H22O7. The Bertz CT molecular complexity index is 904. The molecule has 2 N–H and O–H groups in total. The molecule has 1 heterocycles. The molecule has 1 aliphatic rings. The van der Waals surface area contributed by atoms with E-state index in [0.717, 1.165) is 11.1 Å². The van der Waals surface area contributed by atoms with Crippen molar-refractivity contribution in [3.05, 3.63) is 53.1 Å². The molecule has 7 nitrogen and oxygen atoms in total. The monoisotopic (exact) mass is 386 g/mol. The van der Waals surface area contributed by atoms with Crippen LogP contribution in [0, 0.1) is 0 Å². The molecule has 0 radical (unpaired) electrons. The van der Waals surface area contributed by atoms with Gasteiger partial charge >= 0.3 is 5.97 Å². The molecule has 0 aromatic heterocycles. The number of ether oxygens (including phenoxy) is 4. The molecule has 7 heteroatoms. The molecule has 0 unspecified atom stereocenters. The number of phenols is 1. The zero-order valence-corrected chi connectivity index (χ0v) is 15.8. The fourth-order valence-electron chi connectivity index (χ4n) is 3.27. The van der Waals surface area contributed by atoms with Crippen molar-refractivity contribution in [2.24, 2.45) is 0 Å². The Hall–Kier alpha value is -3.19. The number of aliphatic hydroxyl groups is 1. The van der Waals surface area contributed by atoms with E-state index in [2.05, 4.69) is 4.74 Å². The second-order valence-corrected chi connectivity index (χ2v) is 6.26. The van der Waals surface area contributed by atoms with Crippen molar-refractivity contribution in [3.8, 4) is 23.0 Å². The summed E-state index contributed by atoms with van der Waals surface area (Å²) in [7, 11) is 4.30. The third kappa shape index (κ3) is 3.61. The van der Waals surface area contributed by atoms with Gasteiger partial charge in [-0.2, -0.15) is 0 Å². The summed E-state index contributed by atoms with van der Waals surface area (Å²) in [6.07, 6.45) is 2.44. The fraction of sp³-hybridized carbons (Fsp3) is 0.286. The minimum Gasteiger partial charge on any atom is -0.504 e. The zero-order chi connectivity index (χ0) is 20.3. The van der Waals surface area contributed by atoms with E-state index in [0.29, 0.717) is 22.8 Å². The number of aromatic hydroxyl groups is 1. The molecule has 1 aliphatic heterocycles. The van der Waals surface area contributed by atoms with Crippen molar-refractivity contribution in [2.75, 3.05) is 27.9 Å². The van der Waals surface area contributed by atoms with Crippen molar-refractivity contribution < 1.29 is 34.0 Å². The van der Waals surface area contributed by atoms with E-state index in [9.17, 15) is 15.0 Å². The number of methoxy groups -OCH3 is 3. The highest BCUT2D eigenvalue weighted by Gasteiger charge is 2.37. The van der Waals surface area contributed by atoms with Gasteiger partial charge in [0.15, 0.2) is 23.0 Å². The van der Waals surface area contributed by atoms with Gasteiger partial charge in [-0.25, -0.2) is 4.79 Å². The first-order valence-corrected chi connectivity index (χ1v) is 8.64. The van der Waals surface area contributed by atoms with Crippen molar-refractivity contribution in [1.82, 2.24) is 0 Å². The highest BCUT2D eigenvalue weighted by Crippen LogP contribution is 2.51. The number of phenolic OH excluding ortho intramolecular Hbond substituents is 1. The maximum atomic E-state index is 11.4. The summed E-state index contributed by atoms with van der Waals surface area (Å²) >= 11 is 0. The maximum absolute atomic E-state index is 11.4. The summed E-state index contributed by atoms with van der Waals surface area (Å²) in [5.41, 5.74) is 2.23. The number of carbonyl (C=O) groups excluding carboxylic acids is 1. The van der Waals surface area contributed by atoms with Crippen LogP contribution in [0.2, 0.25) is 0 Å². The normalized spacial score (nSPS) is 17.9. The molecule has 0 bridgehead atoms. The van der Waals surface area contributed by atoms with Gasteiger partial charge in [0.2, 0.25) is 0 Å². The lowest BCUT2D eigenvalue weighted by atomic mass is 9.90. The van der Waals surface area contributed by atoms with E-state index in [1.807, 2.05) is 6.07 Å². The van der Waals surface area contributed by atoms with Crippen LogP contribution in [-0.2, 0) is 9.53 Å². The number of benzene rings is 2. The first-order chi connectivity index (χ1) is 13.5. The highest BCUT2D eigenvalue weighted by atomic mass is 16.5. The highest BCUT2D eigenvalue weighted by molar-refractivity contribution is 5.87. The Labute approximate surface area is 162 Å². The number of esters is 1. The third-order valence-corrected chi connectivity index (χ3v) is 4.68. The largest absolute Gasteiger partial charge is 0.504 e. The number of hydrogen-bond acceptors (Lipinski definition) is 7. The van der Waals surface area contributed by atoms with Gasteiger partial charge in [0, 0.05) is 11.6 Å². The Morgan fingerprint density at radius 3 is 2.54 bits per heavy atom. The molecule has 0 saturated heterocycles. The summed E-state index contributed by atoms with van der Waals surface area (Å²) < 4.78 is 21.4. The number of rotatable bonds is 6. The lowest BCUT2D eigenvalue weighted by Crippen LogP contribution is -2.13. The van der Waals surface area contributed by atoms with Crippen LogP contribution >= 0.6 is 0 Å². The Morgan fingerprint density at radius 1 is 1.14 bits per heavy atom. The summed E-state index contributed by atoms with van der Waals surface area (Å²) in [5.74, 6) is 0.549. The van der Waals surface area contributed by atoms with E-state index in [-0.39, 0.29) is 18.3 Å². The smallest absolute Gasteiger partial charge is 0.330 e. The van der Waals surface area contributed by atoms with Gasteiger partial charge in [0.1, 0.15) is 6.10 Å². The number of hydrogen-bond donors (Lipinski definition) is 2. The molecule has 2 atom stereocenters. The molecule has 28 heavy (non-hydrogen) atoms. The van der Waals surface area contributed by atoms with Crippen LogP contribution in [0.4, 0.5) is 0 Å². The Kier molecular flexibility index (Phi) is 5.75. The first kappa shape index (κ1) is 19.6. The topological polar surface area (TPSA) is 94.5 Å². The molecular weight excluding hydrogens is 364 g/mol. The zero-order valence-electron chi connectivity index (χ0n) is 15.8. The molecule has 0 fully saturated rings. The van der Waals surface area contributed by atoms with Crippen molar-refractivity contribution in [3.63, 3.8) is 0 Å². The number of aliphatic hydroxyl groups excluding tert-OH is 1. The number of carbonyl (C=O) groups is 1. The second kappa shape index (κ2) is 8.22. The molecule has 0 aliphatic carbocycles. The average molecular weight is 386 g/mol. The van der Waals surface area contributed by atoms with Gasteiger partial charge in [-0.15, -0.1) is 0 Å². The molecule has 0 saturated carbocycles. The molecule has 2 aromatic carbocycles. The maximum Gasteiger partial charge on any atom is 0.330 e. The SMILES string of the molecule is COC(=O)/C=C\c1cc(OC)c2c(c1)[C@H](CO)[C@@H](c1ccc(O)c(OC)c1)O2. The summed E-state index contributed by atoms with van der Waals surface area (Å²) in [5, 5.41) is 19.9. The average Bonchev–Trinajstić information content (AvgIpc) is 3.10.